The molecule has 10 heteroatoms. The molecule has 1 saturated heterocycles. The van der Waals surface area contributed by atoms with E-state index in [9.17, 15) is 23.6 Å². The number of amides is 2. The van der Waals surface area contributed by atoms with E-state index in [4.69, 9.17) is 27.9 Å². The van der Waals surface area contributed by atoms with Gasteiger partial charge in [-0.15, -0.1) is 11.6 Å². The number of hydrogen-bond donors (Lipinski definition) is 1. The Morgan fingerprint density at radius 1 is 1.16 bits per heavy atom. The smallest absolute Gasteiger partial charge is 0.312 e. The number of carbonyl (C=O) groups is 4. The van der Waals surface area contributed by atoms with Gasteiger partial charge in [-0.2, -0.15) is 0 Å². The Labute approximate surface area is 193 Å². The number of esters is 1. The fourth-order valence-electron chi connectivity index (χ4n) is 3.18. The summed E-state index contributed by atoms with van der Waals surface area (Å²) < 4.78 is 18.5. The van der Waals surface area contributed by atoms with Crippen LogP contribution in [0.1, 0.15) is 33.6 Å². The highest BCUT2D eigenvalue weighted by Gasteiger charge is 2.38. The average molecular weight is 481 g/mol. The van der Waals surface area contributed by atoms with Gasteiger partial charge in [0.15, 0.2) is 6.10 Å². The van der Waals surface area contributed by atoms with Gasteiger partial charge in [0.05, 0.1) is 23.0 Å². The van der Waals surface area contributed by atoms with Crippen LogP contribution in [0, 0.1) is 11.7 Å². The van der Waals surface area contributed by atoms with Crippen LogP contribution in [-0.2, 0) is 14.3 Å². The molecule has 0 unspecified atom stereocenters. The molecule has 168 valence electrons. The molecule has 7 nitrogen and oxygen atoms in total. The highest BCUT2D eigenvalue weighted by molar-refractivity contribution is 6.33. The minimum atomic E-state index is -1.17. The summed E-state index contributed by atoms with van der Waals surface area (Å²) in [6, 6.07) is 11.2. The molecular weight excluding hydrogens is 462 g/mol. The number of ether oxygens (including phenoxy) is 1. The van der Waals surface area contributed by atoms with Crippen molar-refractivity contribution >= 4 is 46.8 Å². The van der Waals surface area contributed by atoms with E-state index in [0.29, 0.717) is 0 Å². The van der Waals surface area contributed by atoms with Crippen molar-refractivity contribution in [3.63, 3.8) is 0 Å². The van der Waals surface area contributed by atoms with Gasteiger partial charge in [-0.3, -0.25) is 29.6 Å². The molecule has 3 rings (SSSR count). The minimum Gasteiger partial charge on any atom is -0.454 e. The third kappa shape index (κ3) is 5.63. The van der Waals surface area contributed by atoms with Crippen molar-refractivity contribution in [2.24, 2.45) is 5.92 Å². The summed E-state index contributed by atoms with van der Waals surface area (Å²) in [6.07, 6.45) is -1.32. The third-order valence-electron chi connectivity index (χ3n) is 4.86. The first-order valence-corrected chi connectivity index (χ1v) is 10.6. The Hall–Kier alpha value is -2.97. The van der Waals surface area contributed by atoms with E-state index in [1.54, 1.807) is 12.1 Å². The van der Waals surface area contributed by atoms with E-state index in [-0.39, 0.29) is 41.4 Å². The highest BCUT2D eigenvalue weighted by atomic mass is 35.5. The van der Waals surface area contributed by atoms with Crippen LogP contribution in [0.25, 0.3) is 0 Å². The molecule has 1 aliphatic rings. The van der Waals surface area contributed by atoms with Crippen LogP contribution in [0.3, 0.4) is 0 Å². The number of rotatable bonds is 8. The van der Waals surface area contributed by atoms with Gasteiger partial charge in [0, 0.05) is 24.3 Å². The second-order valence-electron chi connectivity index (χ2n) is 7.10. The Morgan fingerprint density at radius 2 is 1.84 bits per heavy atom. The van der Waals surface area contributed by atoms with Crippen molar-refractivity contribution in [2.45, 2.75) is 18.9 Å². The van der Waals surface area contributed by atoms with Crippen LogP contribution >= 0.6 is 23.2 Å². The fraction of sp³-hybridized carbons (Fsp3) is 0.273. The molecule has 1 N–H and O–H groups in total. The van der Waals surface area contributed by atoms with Crippen molar-refractivity contribution in [2.75, 3.05) is 12.4 Å². The molecule has 1 aliphatic heterocycles. The molecule has 2 aromatic rings. The van der Waals surface area contributed by atoms with E-state index in [1.165, 1.54) is 24.3 Å². The Bertz CT molecular complexity index is 1030. The lowest BCUT2D eigenvalue weighted by Gasteiger charge is -2.20. The number of hydrazine groups is 1. The predicted molar refractivity (Wildman–Crippen MR) is 115 cm³/mol. The topological polar surface area (TPSA) is 92.8 Å². The molecular formula is C22H19Cl2FN2O5. The normalized spacial score (nSPS) is 16.5. The summed E-state index contributed by atoms with van der Waals surface area (Å²) in [5.74, 6) is -3.70. The standard InChI is InChI=1S/C22H19Cl2FN2O5/c23-10-9-18(20(29)13-5-7-15(25)8-6-13)32-22(31)14-11-19(28)27(12-14)26-21(30)16-3-1-2-4-17(16)24/h1-8,14,18H,9-12H2,(H,26,30)/t14-,18+/m1/s1. The number of carbonyl (C=O) groups excluding carboxylic acids is 4. The van der Waals surface area contributed by atoms with E-state index in [2.05, 4.69) is 5.43 Å². The summed E-state index contributed by atoms with van der Waals surface area (Å²) in [6.45, 7) is -0.119. The monoisotopic (exact) mass is 480 g/mol. The zero-order valence-electron chi connectivity index (χ0n) is 16.7. The largest absolute Gasteiger partial charge is 0.454 e. The Balaban J connectivity index is 1.63. The maximum Gasteiger partial charge on any atom is 0.312 e. The van der Waals surface area contributed by atoms with Crippen LogP contribution in [0.4, 0.5) is 4.39 Å². The molecule has 2 atom stereocenters. The molecule has 2 aromatic carbocycles. The lowest BCUT2D eigenvalue weighted by atomic mass is 10.0. The minimum absolute atomic E-state index is 0.0501. The first-order valence-electron chi connectivity index (χ1n) is 9.72. The molecule has 32 heavy (non-hydrogen) atoms. The maximum atomic E-state index is 13.1. The van der Waals surface area contributed by atoms with E-state index in [0.717, 1.165) is 17.1 Å². The Kier molecular flexibility index (Phi) is 7.82. The van der Waals surface area contributed by atoms with Crippen molar-refractivity contribution in [3.05, 3.63) is 70.5 Å². The number of Topliss-reactive ketones (excluding diaryl/α,β-unsaturated/α-hetero) is 1. The fourth-order valence-corrected chi connectivity index (χ4v) is 3.60. The zero-order valence-corrected chi connectivity index (χ0v) is 18.2. The summed E-state index contributed by atoms with van der Waals surface area (Å²) in [5.41, 5.74) is 2.78. The quantitative estimate of drug-likeness (QED) is 0.355. The summed E-state index contributed by atoms with van der Waals surface area (Å²) >= 11 is 11.7. The summed E-state index contributed by atoms with van der Waals surface area (Å²) in [5, 5.41) is 1.24. The first kappa shape index (κ1) is 23.7. The number of ketones is 1. The van der Waals surface area contributed by atoms with Gasteiger partial charge < -0.3 is 4.74 Å². The zero-order chi connectivity index (χ0) is 23.3. The van der Waals surface area contributed by atoms with Crippen molar-refractivity contribution in [1.29, 1.82) is 0 Å². The van der Waals surface area contributed by atoms with Gasteiger partial charge in [0.1, 0.15) is 5.82 Å². The number of hydrogen-bond acceptors (Lipinski definition) is 5. The molecule has 0 saturated carbocycles. The number of nitrogens with one attached hydrogen (secondary N) is 1. The van der Waals surface area contributed by atoms with Gasteiger partial charge in [0.2, 0.25) is 11.7 Å². The number of nitrogens with zero attached hydrogens (tertiary/aromatic N) is 1. The van der Waals surface area contributed by atoms with Gasteiger partial charge in [-0.1, -0.05) is 23.7 Å². The molecule has 1 heterocycles. The van der Waals surface area contributed by atoms with Gasteiger partial charge in [-0.05, 0) is 36.4 Å². The maximum absolute atomic E-state index is 13.1. The number of benzene rings is 2. The lowest BCUT2D eigenvalue weighted by molar-refractivity contribution is -0.151. The van der Waals surface area contributed by atoms with Gasteiger partial charge >= 0.3 is 5.97 Å². The molecule has 1 fully saturated rings. The molecule has 0 radical (unpaired) electrons. The van der Waals surface area contributed by atoms with Gasteiger partial charge in [0.25, 0.3) is 5.91 Å². The van der Waals surface area contributed by atoms with Crippen molar-refractivity contribution in [1.82, 2.24) is 10.4 Å². The van der Waals surface area contributed by atoms with E-state index in [1.807, 2.05) is 0 Å². The highest BCUT2D eigenvalue weighted by Crippen LogP contribution is 2.21. The second-order valence-corrected chi connectivity index (χ2v) is 7.89. The lowest BCUT2D eigenvalue weighted by Crippen LogP contribution is -2.43. The molecule has 2 amide bonds. The molecule has 0 bridgehead atoms. The van der Waals surface area contributed by atoms with Crippen molar-refractivity contribution in [3.8, 4) is 0 Å². The first-order chi connectivity index (χ1) is 15.3. The van der Waals surface area contributed by atoms with Crippen LogP contribution < -0.4 is 5.43 Å². The van der Waals surface area contributed by atoms with Crippen LogP contribution in [0.5, 0.6) is 0 Å². The van der Waals surface area contributed by atoms with Crippen LogP contribution in [0.2, 0.25) is 5.02 Å². The SMILES string of the molecule is O=C(NN1C[C@H](C(=O)O[C@@H](CCCl)C(=O)c2ccc(F)cc2)CC1=O)c1ccccc1Cl. The number of halogens is 3. The van der Waals surface area contributed by atoms with Crippen LogP contribution in [0.15, 0.2) is 48.5 Å². The molecule has 0 aliphatic carbocycles. The predicted octanol–water partition coefficient (Wildman–Crippen LogP) is 3.40. The summed E-state index contributed by atoms with van der Waals surface area (Å²) in [7, 11) is 0. The van der Waals surface area contributed by atoms with Gasteiger partial charge in [-0.25, -0.2) is 4.39 Å². The van der Waals surface area contributed by atoms with E-state index >= 15 is 0 Å². The van der Waals surface area contributed by atoms with E-state index < -0.39 is 41.4 Å². The summed E-state index contributed by atoms with van der Waals surface area (Å²) in [4.78, 5) is 50.0. The molecule has 0 aromatic heterocycles. The second kappa shape index (κ2) is 10.6. The molecule has 0 spiro atoms. The number of alkyl halides is 1. The third-order valence-corrected chi connectivity index (χ3v) is 5.41. The Morgan fingerprint density at radius 3 is 2.50 bits per heavy atom. The average Bonchev–Trinajstić information content (AvgIpc) is 3.14. The van der Waals surface area contributed by atoms with Crippen LogP contribution in [-0.4, -0.2) is 47.1 Å². The van der Waals surface area contributed by atoms with Crippen molar-refractivity contribution < 1.29 is 28.3 Å².